The summed E-state index contributed by atoms with van der Waals surface area (Å²) in [5.74, 6) is 0.00584. The molecule has 0 saturated carbocycles. The number of hydrogen-bond acceptors (Lipinski definition) is 3. The summed E-state index contributed by atoms with van der Waals surface area (Å²) in [6.45, 7) is 1.92. The molecule has 1 atom stereocenters. The molecule has 0 spiro atoms. The van der Waals surface area contributed by atoms with Gasteiger partial charge in [0.25, 0.3) is 0 Å². The molecule has 0 heterocycles. The highest BCUT2D eigenvalue weighted by Crippen LogP contribution is 2.19. The predicted octanol–water partition coefficient (Wildman–Crippen LogP) is 1.15. The number of hydrogen-bond donors (Lipinski definition) is 2. The molecule has 0 aliphatic rings. The van der Waals surface area contributed by atoms with Crippen LogP contribution in [0.15, 0.2) is 24.3 Å². The Labute approximate surface area is 90.0 Å². The highest BCUT2D eigenvalue weighted by Gasteiger charge is 2.06. The summed E-state index contributed by atoms with van der Waals surface area (Å²) >= 11 is 0. The summed E-state index contributed by atoms with van der Waals surface area (Å²) in [4.78, 5) is 0. The molecule has 0 bridgehead atoms. The van der Waals surface area contributed by atoms with E-state index in [1.807, 2.05) is 13.0 Å². The molecule has 0 fully saturated rings. The van der Waals surface area contributed by atoms with Crippen molar-refractivity contribution in [2.45, 2.75) is 12.8 Å². The van der Waals surface area contributed by atoms with Crippen LogP contribution in [0.5, 0.6) is 0 Å². The SMILES string of the molecule is CC(CO)c1cccc(NS(C)(=O)=O)c1. The fourth-order valence-electron chi connectivity index (χ4n) is 1.23. The lowest BCUT2D eigenvalue weighted by atomic mass is 10.0. The second-order valence-electron chi connectivity index (χ2n) is 3.58. The van der Waals surface area contributed by atoms with E-state index < -0.39 is 10.0 Å². The van der Waals surface area contributed by atoms with Gasteiger partial charge in [0, 0.05) is 18.2 Å². The van der Waals surface area contributed by atoms with Crippen molar-refractivity contribution in [2.24, 2.45) is 0 Å². The standard InChI is InChI=1S/C10H15NO3S/c1-8(7-12)9-4-3-5-10(6-9)11-15(2,13)14/h3-6,8,11-12H,7H2,1-2H3. The zero-order valence-electron chi connectivity index (χ0n) is 8.77. The van der Waals surface area contributed by atoms with E-state index in [9.17, 15) is 8.42 Å². The normalized spacial score (nSPS) is 13.5. The van der Waals surface area contributed by atoms with Gasteiger partial charge in [0.05, 0.1) is 6.26 Å². The van der Waals surface area contributed by atoms with E-state index in [4.69, 9.17) is 5.11 Å². The maximum absolute atomic E-state index is 11.0. The van der Waals surface area contributed by atoms with Crippen molar-refractivity contribution in [3.05, 3.63) is 29.8 Å². The molecule has 0 radical (unpaired) electrons. The zero-order chi connectivity index (χ0) is 11.5. The smallest absolute Gasteiger partial charge is 0.229 e. The Bertz CT molecular complexity index is 428. The van der Waals surface area contributed by atoms with E-state index in [1.54, 1.807) is 18.2 Å². The van der Waals surface area contributed by atoms with Crippen LogP contribution in [-0.2, 0) is 10.0 Å². The Morgan fingerprint density at radius 1 is 1.47 bits per heavy atom. The number of benzene rings is 1. The minimum atomic E-state index is -3.24. The average Bonchev–Trinajstić information content (AvgIpc) is 2.14. The van der Waals surface area contributed by atoms with Crippen LogP contribution < -0.4 is 4.72 Å². The van der Waals surface area contributed by atoms with Crippen molar-refractivity contribution in [3.8, 4) is 0 Å². The Balaban J connectivity index is 2.93. The molecule has 0 aliphatic heterocycles. The van der Waals surface area contributed by atoms with Gasteiger partial charge in [-0.05, 0) is 17.7 Å². The monoisotopic (exact) mass is 229 g/mol. The molecule has 1 unspecified atom stereocenters. The van der Waals surface area contributed by atoms with E-state index in [1.165, 1.54) is 0 Å². The molecule has 0 aliphatic carbocycles. The Hall–Kier alpha value is -1.07. The van der Waals surface area contributed by atoms with Crippen molar-refractivity contribution in [1.82, 2.24) is 0 Å². The van der Waals surface area contributed by atoms with Gasteiger partial charge in [-0.3, -0.25) is 4.72 Å². The van der Waals surface area contributed by atoms with Crippen molar-refractivity contribution in [1.29, 1.82) is 0 Å². The van der Waals surface area contributed by atoms with Gasteiger partial charge >= 0.3 is 0 Å². The minimum absolute atomic E-state index is 0.00584. The number of anilines is 1. The lowest BCUT2D eigenvalue weighted by Gasteiger charge is -2.10. The molecular weight excluding hydrogens is 214 g/mol. The second-order valence-corrected chi connectivity index (χ2v) is 5.33. The highest BCUT2D eigenvalue weighted by atomic mass is 32.2. The number of nitrogens with one attached hydrogen (secondary N) is 1. The predicted molar refractivity (Wildman–Crippen MR) is 60.4 cm³/mol. The van der Waals surface area contributed by atoms with E-state index in [0.717, 1.165) is 11.8 Å². The number of rotatable bonds is 4. The molecule has 15 heavy (non-hydrogen) atoms. The van der Waals surface area contributed by atoms with Crippen LogP contribution in [0.4, 0.5) is 5.69 Å². The van der Waals surface area contributed by atoms with Gasteiger partial charge in [-0.15, -0.1) is 0 Å². The van der Waals surface area contributed by atoms with Crippen molar-refractivity contribution < 1.29 is 13.5 Å². The lowest BCUT2D eigenvalue weighted by Crippen LogP contribution is -2.10. The number of sulfonamides is 1. The average molecular weight is 229 g/mol. The summed E-state index contributed by atoms with van der Waals surface area (Å²) in [5.41, 5.74) is 1.43. The first-order valence-corrected chi connectivity index (χ1v) is 6.50. The summed E-state index contributed by atoms with van der Waals surface area (Å²) < 4.78 is 24.4. The number of aliphatic hydroxyl groups is 1. The van der Waals surface area contributed by atoms with Gasteiger partial charge < -0.3 is 5.11 Å². The van der Waals surface area contributed by atoms with Crippen molar-refractivity contribution >= 4 is 15.7 Å². The van der Waals surface area contributed by atoms with E-state index >= 15 is 0 Å². The fourth-order valence-corrected chi connectivity index (χ4v) is 1.78. The zero-order valence-corrected chi connectivity index (χ0v) is 9.58. The molecule has 84 valence electrons. The molecule has 1 rings (SSSR count). The third kappa shape index (κ3) is 3.89. The molecule has 0 amide bonds. The maximum atomic E-state index is 11.0. The largest absolute Gasteiger partial charge is 0.396 e. The maximum Gasteiger partial charge on any atom is 0.229 e. The van der Waals surface area contributed by atoms with Gasteiger partial charge in [-0.2, -0.15) is 0 Å². The van der Waals surface area contributed by atoms with E-state index in [-0.39, 0.29) is 12.5 Å². The van der Waals surface area contributed by atoms with Crippen LogP contribution in [0.25, 0.3) is 0 Å². The third-order valence-corrected chi connectivity index (χ3v) is 2.64. The van der Waals surface area contributed by atoms with Gasteiger partial charge in [-0.1, -0.05) is 19.1 Å². The highest BCUT2D eigenvalue weighted by molar-refractivity contribution is 7.92. The molecule has 2 N–H and O–H groups in total. The van der Waals surface area contributed by atoms with Crippen molar-refractivity contribution in [2.75, 3.05) is 17.6 Å². The topological polar surface area (TPSA) is 66.4 Å². The molecule has 1 aromatic carbocycles. The Morgan fingerprint density at radius 2 is 2.13 bits per heavy atom. The van der Waals surface area contributed by atoms with Crippen LogP contribution in [0.2, 0.25) is 0 Å². The third-order valence-electron chi connectivity index (χ3n) is 2.03. The first kappa shape index (κ1) is 12.0. The molecular formula is C10H15NO3S. The summed E-state index contributed by atoms with van der Waals surface area (Å²) in [7, 11) is -3.24. The number of aliphatic hydroxyl groups excluding tert-OH is 1. The second kappa shape index (κ2) is 4.63. The fraction of sp³-hybridized carbons (Fsp3) is 0.400. The first-order chi connectivity index (χ1) is 6.92. The van der Waals surface area contributed by atoms with E-state index in [0.29, 0.717) is 5.69 Å². The Kier molecular flexibility index (Phi) is 3.71. The van der Waals surface area contributed by atoms with Gasteiger partial charge in [-0.25, -0.2) is 8.42 Å². The van der Waals surface area contributed by atoms with Crippen LogP contribution in [0.3, 0.4) is 0 Å². The molecule has 4 nitrogen and oxygen atoms in total. The summed E-state index contributed by atoms with van der Waals surface area (Å²) in [5, 5.41) is 8.97. The quantitative estimate of drug-likeness (QED) is 0.814. The molecule has 1 aromatic rings. The molecule has 0 saturated heterocycles. The summed E-state index contributed by atoms with van der Waals surface area (Å²) in [6, 6.07) is 7.01. The van der Waals surface area contributed by atoms with Gasteiger partial charge in [0.1, 0.15) is 0 Å². The Morgan fingerprint density at radius 3 is 2.67 bits per heavy atom. The molecule has 5 heteroatoms. The van der Waals surface area contributed by atoms with Crippen LogP contribution in [0, 0.1) is 0 Å². The van der Waals surface area contributed by atoms with E-state index in [2.05, 4.69) is 4.72 Å². The lowest BCUT2D eigenvalue weighted by molar-refractivity contribution is 0.273. The summed E-state index contributed by atoms with van der Waals surface area (Å²) in [6.07, 6.45) is 1.11. The van der Waals surface area contributed by atoms with Gasteiger partial charge in [0.15, 0.2) is 0 Å². The van der Waals surface area contributed by atoms with Crippen LogP contribution in [0.1, 0.15) is 18.4 Å². The van der Waals surface area contributed by atoms with Gasteiger partial charge in [0.2, 0.25) is 10.0 Å². The molecule has 0 aromatic heterocycles. The minimum Gasteiger partial charge on any atom is -0.396 e. The van der Waals surface area contributed by atoms with Crippen LogP contribution >= 0.6 is 0 Å². The van der Waals surface area contributed by atoms with Crippen molar-refractivity contribution in [3.63, 3.8) is 0 Å². The van der Waals surface area contributed by atoms with Crippen LogP contribution in [-0.4, -0.2) is 26.4 Å². The first-order valence-electron chi connectivity index (χ1n) is 4.61.